The second-order valence-corrected chi connectivity index (χ2v) is 12.0. The van der Waals surface area contributed by atoms with Crippen LogP contribution in [-0.4, -0.2) is 19.7 Å². The van der Waals surface area contributed by atoms with Crippen LogP contribution in [0.2, 0.25) is 0 Å². The second kappa shape index (κ2) is 9.24. The highest BCUT2D eigenvalue weighted by molar-refractivity contribution is 9.10. The summed E-state index contributed by atoms with van der Waals surface area (Å²) in [5, 5.41) is 0. The van der Waals surface area contributed by atoms with Crippen LogP contribution in [0.1, 0.15) is 5.56 Å². The summed E-state index contributed by atoms with van der Waals surface area (Å²) in [7, 11) is -3.43. The van der Waals surface area contributed by atoms with Gasteiger partial charge in [-0.05, 0) is 48.0 Å². The molecule has 31 heavy (non-hydrogen) atoms. The van der Waals surface area contributed by atoms with Crippen LogP contribution in [0.4, 0.5) is 4.39 Å². The van der Waals surface area contributed by atoms with Gasteiger partial charge in [-0.3, -0.25) is 0 Å². The Morgan fingerprint density at radius 1 is 1.03 bits per heavy atom. The van der Waals surface area contributed by atoms with Gasteiger partial charge < -0.3 is 0 Å². The first kappa shape index (κ1) is 22.2. The first-order chi connectivity index (χ1) is 14.8. The van der Waals surface area contributed by atoms with Gasteiger partial charge in [0, 0.05) is 27.6 Å². The van der Waals surface area contributed by atoms with Crippen molar-refractivity contribution >= 4 is 48.9 Å². The van der Waals surface area contributed by atoms with E-state index in [-0.39, 0.29) is 10.7 Å². The van der Waals surface area contributed by atoms with E-state index in [9.17, 15) is 12.8 Å². The molecule has 0 unspecified atom stereocenters. The highest BCUT2D eigenvalue weighted by atomic mass is 79.9. The lowest BCUT2D eigenvalue weighted by atomic mass is 10.1. The maximum atomic E-state index is 13.5. The number of benzene rings is 3. The van der Waals surface area contributed by atoms with Crippen molar-refractivity contribution in [3.05, 3.63) is 88.6 Å². The van der Waals surface area contributed by atoms with E-state index >= 15 is 0 Å². The number of sulfone groups is 1. The molecule has 0 aliphatic rings. The third-order valence-electron chi connectivity index (χ3n) is 4.51. The number of aromatic nitrogens is 1. The monoisotopic (exact) mass is 533 g/mol. The Morgan fingerprint density at radius 2 is 1.77 bits per heavy atom. The Hall–Kier alpha value is -2.00. The van der Waals surface area contributed by atoms with Crippen LogP contribution in [0.5, 0.6) is 0 Å². The number of hydrogen-bond donors (Lipinski definition) is 0. The Bertz CT molecular complexity index is 1340. The molecule has 0 aliphatic carbocycles. The van der Waals surface area contributed by atoms with E-state index < -0.39 is 9.84 Å². The number of halogens is 2. The third kappa shape index (κ3) is 5.26. The Kier molecular flexibility index (Phi) is 6.62. The second-order valence-electron chi connectivity index (χ2n) is 6.85. The molecule has 0 amide bonds. The molecule has 0 aliphatic heterocycles. The van der Waals surface area contributed by atoms with Gasteiger partial charge in [0.1, 0.15) is 5.82 Å². The fourth-order valence-electron chi connectivity index (χ4n) is 3.10. The summed E-state index contributed by atoms with van der Waals surface area (Å²) in [5.41, 5.74) is 3.15. The van der Waals surface area contributed by atoms with E-state index in [1.807, 2.05) is 24.3 Å². The summed E-state index contributed by atoms with van der Waals surface area (Å²) in [5.74, 6) is 0.393. The highest BCUT2D eigenvalue weighted by Crippen LogP contribution is 2.43. The lowest BCUT2D eigenvalue weighted by molar-refractivity contribution is 0.602. The van der Waals surface area contributed by atoms with Gasteiger partial charge in [0.15, 0.2) is 14.2 Å². The van der Waals surface area contributed by atoms with Crippen molar-refractivity contribution in [2.45, 2.75) is 15.0 Å². The molecule has 0 spiro atoms. The van der Waals surface area contributed by atoms with E-state index in [0.29, 0.717) is 11.3 Å². The summed E-state index contributed by atoms with van der Waals surface area (Å²) >= 11 is 6.52. The molecule has 0 bridgehead atoms. The number of rotatable bonds is 6. The quantitative estimate of drug-likeness (QED) is 0.248. The molecule has 0 saturated heterocycles. The van der Waals surface area contributed by atoms with Crippen molar-refractivity contribution in [2.75, 3.05) is 6.26 Å². The molecular weight excluding hydrogens is 517 g/mol. The first-order valence-corrected chi connectivity index (χ1v) is 13.7. The third-order valence-corrected chi connectivity index (χ3v) is 8.46. The molecule has 0 atom stereocenters. The molecule has 0 fully saturated rings. The zero-order valence-corrected chi connectivity index (χ0v) is 20.4. The summed E-state index contributed by atoms with van der Waals surface area (Å²) in [6.07, 6.45) is 1.20. The number of hydrogen-bond acceptors (Lipinski definition) is 5. The summed E-state index contributed by atoms with van der Waals surface area (Å²) in [6.45, 7) is 0. The average molecular weight is 534 g/mol. The molecule has 0 N–H and O–H groups in total. The molecule has 158 valence electrons. The van der Waals surface area contributed by atoms with Gasteiger partial charge >= 0.3 is 0 Å². The lowest BCUT2D eigenvalue weighted by Gasteiger charge is -2.08. The summed E-state index contributed by atoms with van der Waals surface area (Å²) in [6, 6.07) is 21.1. The maximum absolute atomic E-state index is 13.5. The normalized spacial score (nSPS) is 11.6. The van der Waals surface area contributed by atoms with Crippen LogP contribution in [0.15, 0.2) is 86.5 Å². The molecule has 3 nitrogen and oxygen atoms in total. The van der Waals surface area contributed by atoms with Crippen LogP contribution in [0, 0.1) is 5.82 Å². The highest BCUT2D eigenvalue weighted by Gasteiger charge is 2.21. The van der Waals surface area contributed by atoms with Crippen LogP contribution in [0.3, 0.4) is 0 Å². The van der Waals surface area contributed by atoms with Crippen LogP contribution >= 0.6 is 39.0 Å². The average Bonchev–Trinajstić information content (AvgIpc) is 3.16. The summed E-state index contributed by atoms with van der Waals surface area (Å²) < 4.78 is 40.1. The lowest BCUT2D eigenvalue weighted by Crippen LogP contribution is -1.99. The minimum absolute atomic E-state index is 0.255. The Labute approximate surface area is 197 Å². The van der Waals surface area contributed by atoms with Gasteiger partial charge in [-0.1, -0.05) is 58.0 Å². The molecule has 3 aromatic carbocycles. The molecule has 0 radical (unpaired) electrons. The van der Waals surface area contributed by atoms with E-state index in [2.05, 4.69) is 22.0 Å². The van der Waals surface area contributed by atoms with Crippen molar-refractivity contribution in [3.8, 4) is 21.7 Å². The smallest absolute Gasteiger partial charge is 0.176 e. The minimum Gasteiger partial charge on any atom is -0.229 e. The molecule has 1 aromatic heterocycles. The van der Waals surface area contributed by atoms with Crippen molar-refractivity contribution in [1.29, 1.82) is 0 Å². The predicted molar refractivity (Wildman–Crippen MR) is 130 cm³/mol. The molecule has 0 saturated carbocycles. The van der Waals surface area contributed by atoms with E-state index in [4.69, 9.17) is 4.98 Å². The predicted octanol–water partition coefficient (Wildman–Crippen LogP) is 7.07. The standard InChI is InChI=1S/C23H17BrFNO2S3/c1-31(27,28)20-8-3-2-7-19(20)22-21(16-9-11-18(25)12-10-16)26-23(30-22)29-14-15-5-4-6-17(24)13-15/h2-13H,14H2,1H3. The SMILES string of the molecule is CS(=O)(=O)c1ccccc1-c1sc(SCc2cccc(Br)c2)nc1-c1ccc(F)cc1. The van der Waals surface area contributed by atoms with Gasteiger partial charge in [0.05, 0.1) is 15.5 Å². The molecule has 4 rings (SSSR count). The fourth-order valence-corrected chi connectivity index (χ4v) is 6.65. The zero-order valence-electron chi connectivity index (χ0n) is 16.4. The first-order valence-electron chi connectivity index (χ1n) is 9.25. The van der Waals surface area contributed by atoms with Crippen molar-refractivity contribution in [1.82, 2.24) is 4.98 Å². The van der Waals surface area contributed by atoms with E-state index in [1.54, 1.807) is 42.1 Å². The van der Waals surface area contributed by atoms with Crippen molar-refractivity contribution in [3.63, 3.8) is 0 Å². The molecular formula is C23H17BrFNO2S3. The van der Waals surface area contributed by atoms with Gasteiger partial charge in [-0.2, -0.15) is 0 Å². The van der Waals surface area contributed by atoms with Gasteiger partial charge in [0.25, 0.3) is 0 Å². The van der Waals surface area contributed by atoms with Gasteiger partial charge in [0.2, 0.25) is 0 Å². The maximum Gasteiger partial charge on any atom is 0.176 e. The molecule has 4 aromatic rings. The van der Waals surface area contributed by atoms with E-state index in [1.165, 1.54) is 29.7 Å². The Balaban J connectivity index is 1.79. The van der Waals surface area contributed by atoms with Gasteiger partial charge in [-0.15, -0.1) is 11.3 Å². The minimum atomic E-state index is -3.43. The Morgan fingerprint density at radius 3 is 2.48 bits per heavy atom. The van der Waals surface area contributed by atoms with Crippen LogP contribution in [-0.2, 0) is 15.6 Å². The van der Waals surface area contributed by atoms with Crippen LogP contribution in [0.25, 0.3) is 21.7 Å². The topological polar surface area (TPSA) is 47.0 Å². The summed E-state index contributed by atoms with van der Waals surface area (Å²) in [4.78, 5) is 5.81. The van der Waals surface area contributed by atoms with Crippen molar-refractivity contribution < 1.29 is 12.8 Å². The number of nitrogens with zero attached hydrogens (tertiary/aromatic N) is 1. The molecule has 1 heterocycles. The largest absolute Gasteiger partial charge is 0.229 e. The zero-order chi connectivity index (χ0) is 22.0. The fraction of sp³-hybridized carbons (Fsp3) is 0.0870. The number of thiazole rings is 1. The van der Waals surface area contributed by atoms with Gasteiger partial charge in [-0.25, -0.2) is 17.8 Å². The molecule has 8 heteroatoms. The van der Waals surface area contributed by atoms with Crippen LogP contribution < -0.4 is 0 Å². The number of thioether (sulfide) groups is 1. The van der Waals surface area contributed by atoms with E-state index in [0.717, 1.165) is 30.6 Å². The van der Waals surface area contributed by atoms with Crippen molar-refractivity contribution in [2.24, 2.45) is 0 Å².